The van der Waals surface area contributed by atoms with Gasteiger partial charge in [0.1, 0.15) is 11.4 Å². The van der Waals surface area contributed by atoms with E-state index in [1.54, 1.807) is 11.3 Å². The van der Waals surface area contributed by atoms with E-state index in [1.165, 1.54) is 37.3 Å². The van der Waals surface area contributed by atoms with Crippen LogP contribution in [0.3, 0.4) is 0 Å². The molecule has 1 aliphatic rings. The Balaban J connectivity index is 1.71. The number of thiophene rings is 1. The Kier molecular flexibility index (Phi) is 3.97. The third-order valence-corrected chi connectivity index (χ3v) is 5.43. The Morgan fingerprint density at radius 2 is 1.91 bits per heavy atom. The van der Waals surface area contributed by atoms with Gasteiger partial charge in [-0.25, -0.2) is 4.98 Å². The number of aromatic amines is 1. The van der Waals surface area contributed by atoms with Gasteiger partial charge in [0, 0.05) is 10.9 Å². The summed E-state index contributed by atoms with van der Waals surface area (Å²) in [5.41, 5.74) is 2.04. The third-order valence-electron chi connectivity index (χ3n) is 4.56. The predicted octanol–water partition coefficient (Wildman–Crippen LogP) is 2.22. The first-order chi connectivity index (χ1) is 11.3. The summed E-state index contributed by atoms with van der Waals surface area (Å²) in [6, 6.07) is 10.0. The molecule has 0 spiro atoms. The lowest BCUT2D eigenvalue weighted by Crippen LogP contribution is -3.11. The normalized spacial score (nSPS) is 16.0. The number of hydrogen-bond donors (Lipinski definition) is 2. The van der Waals surface area contributed by atoms with Crippen molar-refractivity contribution in [3.63, 3.8) is 0 Å². The highest BCUT2D eigenvalue weighted by molar-refractivity contribution is 7.17. The molecule has 0 aliphatic carbocycles. The predicted molar refractivity (Wildman–Crippen MR) is 93.9 cm³/mol. The summed E-state index contributed by atoms with van der Waals surface area (Å²) in [6.07, 6.45) is 3.88. The van der Waals surface area contributed by atoms with Gasteiger partial charge >= 0.3 is 0 Å². The van der Waals surface area contributed by atoms with E-state index in [1.807, 2.05) is 35.7 Å². The number of fused-ring (bicyclic) bond motifs is 1. The SMILES string of the molecule is O=c1[nH]c(C[NH+]2CCCCC2)nc2scc(-c3ccccc3)c12. The first kappa shape index (κ1) is 14.6. The van der Waals surface area contributed by atoms with Gasteiger partial charge in [0.15, 0.2) is 5.82 Å². The van der Waals surface area contributed by atoms with E-state index in [-0.39, 0.29) is 5.56 Å². The molecule has 0 atom stereocenters. The van der Waals surface area contributed by atoms with E-state index in [9.17, 15) is 4.79 Å². The van der Waals surface area contributed by atoms with Gasteiger partial charge in [-0.2, -0.15) is 0 Å². The number of hydrogen-bond acceptors (Lipinski definition) is 3. The Labute approximate surface area is 138 Å². The molecule has 5 heteroatoms. The van der Waals surface area contributed by atoms with Gasteiger partial charge in [0.25, 0.3) is 5.56 Å². The summed E-state index contributed by atoms with van der Waals surface area (Å²) in [5, 5.41) is 2.76. The molecule has 0 amide bonds. The molecule has 1 saturated heterocycles. The van der Waals surface area contributed by atoms with Gasteiger partial charge in [-0.05, 0) is 24.8 Å². The lowest BCUT2D eigenvalue weighted by molar-refractivity contribution is -0.919. The van der Waals surface area contributed by atoms with Crippen LogP contribution in [0.1, 0.15) is 25.1 Å². The molecule has 3 heterocycles. The van der Waals surface area contributed by atoms with E-state index < -0.39 is 0 Å². The number of benzene rings is 1. The lowest BCUT2D eigenvalue weighted by atomic mass is 10.1. The number of nitrogens with one attached hydrogen (secondary N) is 2. The summed E-state index contributed by atoms with van der Waals surface area (Å²) >= 11 is 1.56. The first-order valence-corrected chi connectivity index (χ1v) is 9.08. The van der Waals surface area contributed by atoms with Crippen LogP contribution in [0.4, 0.5) is 0 Å². The van der Waals surface area contributed by atoms with Crippen LogP contribution in [0.15, 0.2) is 40.5 Å². The van der Waals surface area contributed by atoms with Gasteiger partial charge < -0.3 is 9.88 Å². The van der Waals surface area contributed by atoms with Crippen molar-refractivity contribution >= 4 is 21.6 Å². The van der Waals surface area contributed by atoms with Crippen LogP contribution in [-0.2, 0) is 6.54 Å². The van der Waals surface area contributed by atoms with E-state index in [4.69, 9.17) is 4.98 Å². The molecule has 0 bridgehead atoms. The molecule has 4 nitrogen and oxygen atoms in total. The van der Waals surface area contributed by atoms with Gasteiger partial charge in [0.05, 0.1) is 18.5 Å². The number of aromatic nitrogens is 2. The van der Waals surface area contributed by atoms with Crippen molar-refractivity contribution < 1.29 is 4.90 Å². The van der Waals surface area contributed by atoms with E-state index in [0.29, 0.717) is 0 Å². The topological polar surface area (TPSA) is 50.2 Å². The molecule has 3 aromatic rings. The fourth-order valence-electron chi connectivity index (χ4n) is 3.37. The van der Waals surface area contributed by atoms with Crippen molar-refractivity contribution in [1.82, 2.24) is 9.97 Å². The Morgan fingerprint density at radius 1 is 1.13 bits per heavy atom. The van der Waals surface area contributed by atoms with Crippen molar-refractivity contribution in [2.24, 2.45) is 0 Å². The average Bonchev–Trinajstić information content (AvgIpc) is 3.01. The molecule has 1 aromatic carbocycles. The number of piperidine rings is 1. The summed E-state index contributed by atoms with van der Waals surface area (Å²) in [6.45, 7) is 3.19. The fourth-order valence-corrected chi connectivity index (χ4v) is 4.34. The molecular formula is C18H20N3OS+. The lowest BCUT2D eigenvalue weighted by Gasteiger charge is -2.22. The minimum absolute atomic E-state index is 0.0125. The monoisotopic (exact) mass is 326 g/mol. The van der Waals surface area contributed by atoms with Crippen molar-refractivity contribution in [1.29, 1.82) is 0 Å². The van der Waals surface area contributed by atoms with Crippen molar-refractivity contribution in [3.05, 3.63) is 51.9 Å². The molecule has 0 unspecified atom stereocenters. The molecule has 1 aliphatic heterocycles. The molecule has 1 fully saturated rings. The van der Waals surface area contributed by atoms with Gasteiger partial charge in [-0.15, -0.1) is 11.3 Å². The molecule has 2 N–H and O–H groups in total. The van der Waals surface area contributed by atoms with Crippen molar-refractivity contribution in [3.8, 4) is 11.1 Å². The van der Waals surface area contributed by atoms with Crippen LogP contribution < -0.4 is 10.5 Å². The molecule has 23 heavy (non-hydrogen) atoms. The zero-order valence-electron chi connectivity index (χ0n) is 13.0. The smallest absolute Gasteiger partial charge is 0.260 e. The van der Waals surface area contributed by atoms with Crippen LogP contribution in [-0.4, -0.2) is 23.1 Å². The maximum Gasteiger partial charge on any atom is 0.260 e. The summed E-state index contributed by atoms with van der Waals surface area (Å²) in [5.74, 6) is 0.820. The standard InChI is InChI=1S/C18H19N3OS/c22-17-16-14(13-7-3-1-4-8-13)12-23-18(16)20-15(19-17)11-21-9-5-2-6-10-21/h1,3-4,7-8,12H,2,5-6,9-11H2,(H,19,20,22)/p+1. The Hall–Kier alpha value is -1.98. The van der Waals surface area contributed by atoms with Crippen LogP contribution in [0.2, 0.25) is 0 Å². The van der Waals surface area contributed by atoms with E-state index in [2.05, 4.69) is 4.98 Å². The number of likely N-dealkylation sites (tertiary alicyclic amines) is 1. The highest BCUT2D eigenvalue weighted by atomic mass is 32.1. The van der Waals surface area contributed by atoms with Crippen LogP contribution >= 0.6 is 11.3 Å². The van der Waals surface area contributed by atoms with Crippen molar-refractivity contribution in [2.45, 2.75) is 25.8 Å². The maximum absolute atomic E-state index is 12.6. The second-order valence-electron chi connectivity index (χ2n) is 6.20. The Bertz CT molecular complexity index is 863. The van der Waals surface area contributed by atoms with E-state index >= 15 is 0 Å². The minimum Gasteiger partial charge on any atom is -0.329 e. The van der Waals surface area contributed by atoms with Gasteiger partial charge in [-0.3, -0.25) is 4.79 Å². The number of rotatable bonds is 3. The zero-order valence-corrected chi connectivity index (χ0v) is 13.8. The summed E-state index contributed by atoms with van der Waals surface area (Å²) in [4.78, 5) is 22.7. The molecule has 2 aromatic heterocycles. The average molecular weight is 326 g/mol. The number of nitrogens with zero attached hydrogens (tertiary/aromatic N) is 1. The van der Waals surface area contributed by atoms with Crippen LogP contribution in [0.25, 0.3) is 21.3 Å². The number of quaternary nitrogens is 1. The van der Waals surface area contributed by atoms with Crippen molar-refractivity contribution in [2.75, 3.05) is 13.1 Å². The highest BCUT2D eigenvalue weighted by Gasteiger charge is 2.17. The van der Waals surface area contributed by atoms with Crippen LogP contribution in [0, 0.1) is 0 Å². The summed E-state index contributed by atoms with van der Waals surface area (Å²) < 4.78 is 0. The van der Waals surface area contributed by atoms with E-state index in [0.717, 1.165) is 33.7 Å². The molecule has 0 saturated carbocycles. The molecule has 0 radical (unpaired) electrons. The van der Waals surface area contributed by atoms with Crippen LogP contribution in [0.5, 0.6) is 0 Å². The van der Waals surface area contributed by atoms with Gasteiger partial charge in [-0.1, -0.05) is 30.3 Å². The molecular weight excluding hydrogens is 306 g/mol. The fraction of sp³-hybridized carbons (Fsp3) is 0.333. The minimum atomic E-state index is -0.0125. The highest BCUT2D eigenvalue weighted by Crippen LogP contribution is 2.30. The molecule has 118 valence electrons. The zero-order chi connectivity index (χ0) is 15.6. The second-order valence-corrected chi connectivity index (χ2v) is 7.05. The third kappa shape index (κ3) is 2.94. The largest absolute Gasteiger partial charge is 0.329 e. The number of H-pyrrole nitrogens is 1. The maximum atomic E-state index is 12.6. The molecule has 4 rings (SSSR count). The second kappa shape index (κ2) is 6.26. The quantitative estimate of drug-likeness (QED) is 0.775. The summed E-state index contributed by atoms with van der Waals surface area (Å²) in [7, 11) is 0. The van der Waals surface area contributed by atoms with Gasteiger partial charge in [0.2, 0.25) is 0 Å². The first-order valence-electron chi connectivity index (χ1n) is 8.20. The Morgan fingerprint density at radius 3 is 2.70 bits per heavy atom.